The van der Waals surface area contributed by atoms with Crippen molar-refractivity contribution < 1.29 is 9.53 Å². The molecule has 1 N–H and O–H groups in total. The number of benzene rings is 3. The van der Waals surface area contributed by atoms with E-state index < -0.39 is 5.91 Å². The fraction of sp³-hybridized carbons (Fsp3) is 0.120. The average molecular weight is 496 g/mol. The molecule has 1 amide bonds. The van der Waals surface area contributed by atoms with Crippen LogP contribution in [0.2, 0.25) is 5.02 Å². The number of aryl methyl sites for hydroxylation is 2. The van der Waals surface area contributed by atoms with Crippen molar-refractivity contribution in [3.63, 3.8) is 0 Å². The Hall–Kier alpha value is -3.07. The molecule has 4 nitrogen and oxygen atoms in total. The predicted octanol–water partition coefficient (Wildman–Crippen LogP) is 6.84. The number of nitrogens with zero attached hydrogens (tertiary/aromatic N) is 1. The maximum absolute atomic E-state index is 12.6. The highest BCUT2D eigenvalue weighted by Gasteiger charge is 2.12. The van der Waals surface area contributed by atoms with E-state index in [1.54, 1.807) is 42.5 Å². The molecule has 3 aromatic carbocycles. The van der Waals surface area contributed by atoms with Gasteiger partial charge in [-0.2, -0.15) is 5.26 Å². The number of ether oxygens (including phenoxy) is 1. The lowest BCUT2D eigenvalue weighted by atomic mass is 10.1. The molecule has 0 saturated carbocycles. The molecular formula is C25H20BrClN2O2. The lowest BCUT2D eigenvalue weighted by Crippen LogP contribution is -2.13. The highest BCUT2D eigenvalue weighted by atomic mass is 79.9. The van der Waals surface area contributed by atoms with Gasteiger partial charge in [-0.15, -0.1) is 0 Å². The summed E-state index contributed by atoms with van der Waals surface area (Å²) in [6.07, 6.45) is 1.48. The van der Waals surface area contributed by atoms with Gasteiger partial charge in [0.2, 0.25) is 0 Å². The summed E-state index contributed by atoms with van der Waals surface area (Å²) in [6, 6.07) is 20.3. The number of carbonyl (C=O) groups is 1. The van der Waals surface area contributed by atoms with Gasteiger partial charge in [-0.05, 0) is 79.1 Å². The van der Waals surface area contributed by atoms with Crippen molar-refractivity contribution in [1.82, 2.24) is 0 Å². The number of nitriles is 1. The Morgan fingerprint density at radius 1 is 1.10 bits per heavy atom. The molecule has 0 bridgehead atoms. The van der Waals surface area contributed by atoms with E-state index in [0.29, 0.717) is 28.6 Å². The van der Waals surface area contributed by atoms with Gasteiger partial charge in [0.05, 0.1) is 0 Å². The fourth-order valence-electron chi connectivity index (χ4n) is 2.85. The van der Waals surface area contributed by atoms with Crippen LogP contribution in [0.4, 0.5) is 5.69 Å². The Morgan fingerprint density at radius 2 is 1.84 bits per heavy atom. The van der Waals surface area contributed by atoms with E-state index >= 15 is 0 Å². The highest BCUT2D eigenvalue weighted by Crippen LogP contribution is 2.27. The summed E-state index contributed by atoms with van der Waals surface area (Å²) in [5.74, 6) is 0.0247. The number of carbonyl (C=O) groups excluding carboxylic acids is 1. The first-order valence-corrected chi connectivity index (χ1v) is 10.7. The molecule has 0 aliphatic heterocycles. The minimum atomic E-state index is -0.509. The number of anilines is 1. The van der Waals surface area contributed by atoms with Crippen LogP contribution in [-0.4, -0.2) is 5.91 Å². The quantitative estimate of drug-likeness (QED) is 0.301. The molecule has 0 spiro atoms. The van der Waals surface area contributed by atoms with Crippen LogP contribution in [0.25, 0.3) is 6.08 Å². The van der Waals surface area contributed by atoms with E-state index in [0.717, 1.165) is 10.0 Å². The Morgan fingerprint density at radius 3 is 2.52 bits per heavy atom. The molecular weight excluding hydrogens is 476 g/mol. The molecule has 0 atom stereocenters. The van der Waals surface area contributed by atoms with Gasteiger partial charge in [0, 0.05) is 20.7 Å². The molecule has 3 rings (SSSR count). The molecule has 0 aliphatic rings. The maximum atomic E-state index is 12.6. The number of halogens is 2. The Kier molecular flexibility index (Phi) is 7.51. The van der Waals surface area contributed by atoms with Gasteiger partial charge in [0.1, 0.15) is 24.0 Å². The first kappa shape index (κ1) is 22.6. The molecule has 6 heteroatoms. The Bertz CT molecular complexity index is 1180. The van der Waals surface area contributed by atoms with Crippen LogP contribution in [0.5, 0.6) is 5.75 Å². The van der Waals surface area contributed by atoms with Gasteiger partial charge >= 0.3 is 0 Å². The lowest BCUT2D eigenvalue weighted by molar-refractivity contribution is -0.112. The molecule has 0 radical (unpaired) electrons. The summed E-state index contributed by atoms with van der Waals surface area (Å²) in [7, 11) is 0. The third-order valence-corrected chi connectivity index (χ3v) is 5.47. The van der Waals surface area contributed by atoms with Crippen LogP contribution in [0.15, 0.2) is 70.7 Å². The molecule has 156 valence electrons. The summed E-state index contributed by atoms with van der Waals surface area (Å²) < 4.78 is 6.87. The summed E-state index contributed by atoms with van der Waals surface area (Å²) in [6.45, 7) is 4.47. The minimum Gasteiger partial charge on any atom is -0.488 e. The summed E-state index contributed by atoms with van der Waals surface area (Å²) >= 11 is 9.50. The second kappa shape index (κ2) is 10.3. The van der Waals surface area contributed by atoms with Crippen molar-refractivity contribution >= 4 is 45.2 Å². The molecule has 31 heavy (non-hydrogen) atoms. The standard InChI is InChI=1S/C25H20BrClN2O2/c1-16-3-4-18(11-17(16)2)15-31-24-10-7-22(27)13-19(24)12-20(14-28)25(30)29-23-8-5-21(26)6-9-23/h3-13H,15H2,1-2H3,(H,29,30)/b20-12+. The molecule has 3 aromatic rings. The molecule has 0 saturated heterocycles. The van der Waals surface area contributed by atoms with Crippen LogP contribution < -0.4 is 10.1 Å². The monoisotopic (exact) mass is 494 g/mol. The predicted molar refractivity (Wildman–Crippen MR) is 128 cm³/mol. The molecule has 0 aliphatic carbocycles. The van der Waals surface area contributed by atoms with Gasteiger partial charge in [-0.1, -0.05) is 45.7 Å². The average Bonchev–Trinajstić information content (AvgIpc) is 2.75. The second-order valence-corrected chi connectivity index (χ2v) is 8.37. The van der Waals surface area contributed by atoms with E-state index in [1.165, 1.54) is 17.2 Å². The minimum absolute atomic E-state index is 0.0544. The van der Waals surface area contributed by atoms with E-state index in [9.17, 15) is 10.1 Å². The summed E-state index contributed by atoms with van der Waals surface area (Å²) in [4.78, 5) is 12.6. The van der Waals surface area contributed by atoms with Crippen molar-refractivity contribution in [2.24, 2.45) is 0 Å². The Balaban J connectivity index is 1.82. The van der Waals surface area contributed by atoms with Gasteiger partial charge in [-0.3, -0.25) is 4.79 Å². The number of amides is 1. The van der Waals surface area contributed by atoms with Crippen LogP contribution in [0.3, 0.4) is 0 Å². The van der Waals surface area contributed by atoms with Crippen molar-refractivity contribution in [3.05, 3.63) is 98.0 Å². The molecule has 0 heterocycles. The van der Waals surface area contributed by atoms with Gasteiger partial charge < -0.3 is 10.1 Å². The molecule has 0 aromatic heterocycles. The fourth-order valence-corrected chi connectivity index (χ4v) is 3.30. The summed E-state index contributed by atoms with van der Waals surface area (Å²) in [5, 5.41) is 12.7. The lowest BCUT2D eigenvalue weighted by Gasteiger charge is -2.12. The zero-order valence-corrected chi connectivity index (χ0v) is 19.4. The third-order valence-electron chi connectivity index (χ3n) is 4.70. The SMILES string of the molecule is Cc1ccc(COc2ccc(Cl)cc2/C=C(\C#N)C(=O)Nc2ccc(Br)cc2)cc1C. The molecule has 0 unspecified atom stereocenters. The van der Waals surface area contributed by atoms with Crippen LogP contribution in [0.1, 0.15) is 22.3 Å². The first-order valence-electron chi connectivity index (χ1n) is 9.53. The number of hydrogen-bond acceptors (Lipinski definition) is 3. The second-order valence-electron chi connectivity index (χ2n) is 7.02. The van der Waals surface area contributed by atoms with Crippen LogP contribution >= 0.6 is 27.5 Å². The van der Waals surface area contributed by atoms with Crippen molar-refractivity contribution in [2.45, 2.75) is 20.5 Å². The third kappa shape index (κ3) is 6.21. The van der Waals surface area contributed by atoms with E-state index in [-0.39, 0.29) is 5.57 Å². The first-order chi connectivity index (χ1) is 14.9. The zero-order valence-electron chi connectivity index (χ0n) is 17.1. The van der Waals surface area contributed by atoms with Gasteiger partial charge in [-0.25, -0.2) is 0 Å². The zero-order chi connectivity index (χ0) is 22.4. The number of nitrogens with one attached hydrogen (secondary N) is 1. The topological polar surface area (TPSA) is 62.1 Å². The van der Waals surface area contributed by atoms with E-state index in [1.807, 2.05) is 12.1 Å². The largest absolute Gasteiger partial charge is 0.488 e. The van der Waals surface area contributed by atoms with Gasteiger partial charge in [0.15, 0.2) is 0 Å². The maximum Gasteiger partial charge on any atom is 0.266 e. The number of hydrogen-bond donors (Lipinski definition) is 1. The van der Waals surface area contributed by atoms with Crippen molar-refractivity contribution in [2.75, 3.05) is 5.32 Å². The summed E-state index contributed by atoms with van der Waals surface area (Å²) in [5.41, 5.74) is 4.52. The smallest absolute Gasteiger partial charge is 0.266 e. The molecule has 0 fully saturated rings. The Labute approximate surface area is 195 Å². The van der Waals surface area contributed by atoms with Crippen LogP contribution in [-0.2, 0) is 11.4 Å². The van der Waals surface area contributed by atoms with Crippen LogP contribution in [0, 0.1) is 25.2 Å². The normalized spacial score (nSPS) is 11.0. The van der Waals surface area contributed by atoms with Crippen molar-refractivity contribution in [3.8, 4) is 11.8 Å². The van der Waals surface area contributed by atoms with Gasteiger partial charge in [0.25, 0.3) is 5.91 Å². The van der Waals surface area contributed by atoms with E-state index in [2.05, 4.69) is 47.2 Å². The van der Waals surface area contributed by atoms with Crippen molar-refractivity contribution in [1.29, 1.82) is 5.26 Å². The van der Waals surface area contributed by atoms with E-state index in [4.69, 9.17) is 16.3 Å². The highest BCUT2D eigenvalue weighted by molar-refractivity contribution is 9.10. The number of rotatable bonds is 6.